The fraction of sp³-hybridized carbons (Fsp3) is 0.261. The maximum absolute atomic E-state index is 12.5. The zero-order valence-corrected chi connectivity index (χ0v) is 16.8. The summed E-state index contributed by atoms with van der Waals surface area (Å²) in [6.07, 6.45) is 5.14. The molecule has 1 aromatic heterocycles. The Morgan fingerprint density at radius 3 is 2.67 bits per heavy atom. The van der Waals surface area contributed by atoms with Crippen molar-refractivity contribution in [2.45, 2.75) is 32.5 Å². The Morgan fingerprint density at radius 1 is 1.13 bits per heavy atom. The fourth-order valence-electron chi connectivity index (χ4n) is 3.45. The van der Waals surface area contributed by atoms with Crippen molar-refractivity contribution in [1.29, 1.82) is 0 Å². The summed E-state index contributed by atoms with van der Waals surface area (Å²) >= 11 is 0. The van der Waals surface area contributed by atoms with Crippen LogP contribution in [0.25, 0.3) is 0 Å². The highest BCUT2D eigenvalue weighted by Crippen LogP contribution is 2.33. The van der Waals surface area contributed by atoms with Gasteiger partial charge in [0.2, 0.25) is 5.91 Å². The third-order valence-electron chi connectivity index (χ3n) is 5.07. The number of hydrogen-bond acceptors (Lipinski definition) is 4. The molecule has 0 aliphatic carbocycles. The summed E-state index contributed by atoms with van der Waals surface area (Å²) in [6.45, 7) is 3.26. The van der Waals surface area contributed by atoms with Crippen molar-refractivity contribution in [2.75, 3.05) is 11.4 Å². The van der Waals surface area contributed by atoms with Crippen molar-refractivity contribution in [3.8, 4) is 5.75 Å². The summed E-state index contributed by atoms with van der Waals surface area (Å²) in [5, 5.41) is 2.93. The third kappa shape index (κ3) is 4.51. The molecule has 1 atom stereocenters. The maximum atomic E-state index is 12.5. The van der Waals surface area contributed by atoms with Gasteiger partial charge in [0.25, 0.3) is 5.91 Å². The Morgan fingerprint density at radius 2 is 1.90 bits per heavy atom. The number of hydrogen-bond donors (Lipinski definition) is 1. The molecule has 3 aromatic rings. The molecule has 30 heavy (non-hydrogen) atoms. The van der Waals surface area contributed by atoms with Crippen LogP contribution in [0.5, 0.6) is 5.75 Å². The lowest BCUT2D eigenvalue weighted by molar-refractivity contribution is -0.125. The third-order valence-corrected chi connectivity index (χ3v) is 5.07. The summed E-state index contributed by atoms with van der Waals surface area (Å²) < 4.78 is 7.63. The van der Waals surface area contributed by atoms with Gasteiger partial charge in [-0.3, -0.25) is 9.59 Å². The van der Waals surface area contributed by atoms with Gasteiger partial charge >= 0.3 is 0 Å². The average Bonchev–Trinajstić information content (AvgIpc) is 3.27. The van der Waals surface area contributed by atoms with E-state index in [1.54, 1.807) is 24.3 Å². The first-order valence-corrected chi connectivity index (χ1v) is 9.97. The fourth-order valence-corrected chi connectivity index (χ4v) is 3.45. The number of nitrogens with one attached hydrogen (secondary N) is 1. The largest absolute Gasteiger partial charge is 0.479 e. The lowest BCUT2D eigenvalue weighted by atomic mass is 10.1. The van der Waals surface area contributed by atoms with Gasteiger partial charge in [0.15, 0.2) is 6.10 Å². The van der Waals surface area contributed by atoms with Crippen molar-refractivity contribution in [1.82, 2.24) is 14.9 Å². The molecule has 0 saturated carbocycles. The van der Waals surface area contributed by atoms with Gasteiger partial charge in [-0.25, -0.2) is 4.98 Å². The van der Waals surface area contributed by atoms with E-state index in [9.17, 15) is 9.59 Å². The number of anilines is 1. The highest BCUT2D eigenvalue weighted by molar-refractivity contribution is 6.00. The first-order chi connectivity index (χ1) is 14.6. The normalized spacial score (nSPS) is 15.4. The van der Waals surface area contributed by atoms with Gasteiger partial charge in [-0.1, -0.05) is 36.4 Å². The number of carbonyl (C=O) groups excluding carboxylic acids is 2. The minimum atomic E-state index is -0.552. The van der Waals surface area contributed by atoms with E-state index < -0.39 is 6.10 Å². The number of imidazole rings is 1. The van der Waals surface area contributed by atoms with E-state index in [4.69, 9.17) is 4.74 Å². The van der Waals surface area contributed by atoms with Gasteiger partial charge in [0.1, 0.15) is 5.75 Å². The monoisotopic (exact) mass is 404 g/mol. The number of ether oxygens (including phenoxy) is 1. The summed E-state index contributed by atoms with van der Waals surface area (Å²) in [7, 11) is 0. The highest BCUT2D eigenvalue weighted by atomic mass is 16.5. The Balaban J connectivity index is 1.28. The van der Waals surface area contributed by atoms with Gasteiger partial charge < -0.3 is 19.5 Å². The van der Waals surface area contributed by atoms with Crippen molar-refractivity contribution in [3.05, 3.63) is 78.4 Å². The van der Waals surface area contributed by atoms with Crippen LogP contribution in [0.15, 0.2) is 67.3 Å². The number of nitrogens with zero attached hydrogens (tertiary/aromatic N) is 3. The summed E-state index contributed by atoms with van der Waals surface area (Å²) in [4.78, 5) is 30.5. The average molecular weight is 404 g/mol. The van der Waals surface area contributed by atoms with E-state index in [1.807, 2.05) is 59.3 Å². The second-order valence-corrected chi connectivity index (χ2v) is 7.30. The predicted octanol–water partition coefficient (Wildman–Crippen LogP) is 2.75. The number of fused-ring (bicyclic) bond motifs is 1. The van der Waals surface area contributed by atoms with Crippen LogP contribution >= 0.6 is 0 Å². The Hall–Kier alpha value is -3.61. The second kappa shape index (κ2) is 8.82. The van der Waals surface area contributed by atoms with Crippen LogP contribution in [0.4, 0.5) is 5.69 Å². The predicted molar refractivity (Wildman–Crippen MR) is 113 cm³/mol. The zero-order valence-electron chi connectivity index (χ0n) is 16.8. The lowest BCUT2D eigenvalue weighted by Gasteiger charge is -2.32. The molecule has 0 bridgehead atoms. The summed E-state index contributed by atoms with van der Waals surface area (Å²) in [5.41, 5.74) is 2.91. The molecule has 0 spiro atoms. The molecular formula is C23H24N4O3. The Labute approximate surface area is 175 Å². The molecule has 0 fully saturated rings. The van der Waals surface area contributed by atoms with E-state index in [-0.39, 0.29) is 18.2 Å². The molecule has 2 heterocycles. The van der Waals surface area contributed by atoms with Crippen LogP contribution in [-0.4, -0.2) is 34.0 Å². The molecule has 2 amide bonds. The quantitative estimate of drug-likeness (QED) is 0.657. The molecule has 7 heteroatoms. The van der Waals surface area contributed by atoms with E-state index in [1.165, 1.54) is 5.56 Å². The molecule has 154 valence electrons. The number of carbonyl (C=O) groups is 2. The molecule has 1 aliphatic heterocycles. The number of rotatable bonds is 7. The van der Waals surface area contributed by atoms with Crippen molar-refractivity contribution in [2.24, 2.45) is 0 Å². The van der Waals surface area contributed by atoms with Crippen molar-refractivity contribution >= 4 is 17.5 Å². The van der Waals surface area contributed by atoms with Crippen LogP contribution in [0, 0.1) is 0 Å². The molecule has 0 saturated heterocycles. The van der Waals surface area contributed by atoms with Gasteiger partial charge in [0.05, 0.1) is 12.0 Å². The summed E-state index contributed by atoms with van der Waals surface area (Å²) in [6, 6.07) is 15.5. The molecule has 7 nitrogen and oxygen atoms in total. The van der Waals surface area contributed by atoms with Crippen LogP contribution in [0.3, 0.4) is 0 Å². The number of aromatic nitrogens is 2. The Bertz CT molecular complexity index is 1020. The van der Waals surface area contributed by atoms with Gasteiger partial charge in [-0.15, -0.1) is 0 Å². The van der Waals surface area contributed by atoms with Crippen LogP contribution in [0.2, 0.25) is 0 Å². The highest BCUT2D eigenvalue weighted by Gasteiger charge is 2.31. The zero-order chi connectivity index (χ0) is 20.9. The SMILES string of the molecule is CC1Oc2ccccc2N(CCC(=O)NCc2ccc(Cn3ccnc3)cc2)C1=O. The topological polar surface area (TPSA) is 76.5 Å². The molecule has 0 radical (unpaired) electrons. The number of amides is 2. The van der Waals surface area contributed by atoms with Gasteiger partial charge in [-0.2, -0.15) is 0 Å². The molecular weight excluding hydrogens is 380 g/mol. The standard InChI is InChI=1S/C23H24N4O3/c1-17-23(29)27(20-4-2-3-5-21(20)30-17)12-10-22(28)25-14-18-6-8-19(9-7-18)15-26-13-11-24-16-26/h2-9,11,13,16-17H,10,12,14-15H2,1H3,(H,25,28). The van der Waals surface area contributed by atoms with E-state index in [0.29, 0.717) is 24.5 Å². The minimum Gasteiger partial charge on any atom is -0.479 e. The minimum absolute atomic E-state index is 0.0954. The maximum Gasteiger partial charge on any atom is 0.267 e. The summed E-state index contributed by atoms with van der Waals surface area (Å²) in [5.74, 6) is 0.442. The van der Waals surface area contributed by atoms with E-state index in [2.05, 4.69) is 10.3 Å². The lowest BCUT2D eigenvalue weighted by Crippen LogP contribution is -2.45. The molecule has 2 aromatic carbocycles. The molecule has 1 unspecified atom stereocenters. The Kier molecular flexibility index (Phi) is 5.79. The van der Waals surface area contributed by atoms with Crippen LogP contribution in [-0.2, 0) is 22.7 Å². The second-order valence-electron chi connectivity index (χ2n) is 7.30. The number of para-hydroxylation sites is 2. The van der Waals surface area contributed by atoms with Crippen LogP contribution < -0.4 is 15.0 Å². The number of benzene rings is 2. The van der Waals surface area contributed by atoms with E-state index in [0.717, 1.165) is 12.1 Å². The van der Waals surface area contributed by atoms with Crippen molar-refractivity contribution in [3.63, 3.8) is 0 Å². The first kappa shape index (κ1) is 19.7. The first-order valence-electron chi connectivity index (χ1n) is 9.97. The molecule has 4 rings (SSSR count). The molecule has 1 N–H and O–H groups in total. The van der Waals surface area contributed by atoms with Gasteiger partial charge in [0, 0.05) is 38.4 Å². The van der Waals surface area contributed by atoms with Crippen molar-refractivity contribution < 1.29 is 14.3 Å². The smallest absolute Gasteiger partial charge is 0.267 e. The molecule has 1 aliphatic rings. The van der Waals surface area contributed by atoms with Gasteiger partial charge in [-0.05, 0) is 30.2 Å². The van der Waals surface area contributed by atoms with E-state index >= 15 is 0 Å². The van der Waals surface area contributed by atoms with Crippen LogP contribution in [0.1, 0.15) is 24.5 Å².